The van der Waals surface area contributed by atoms with Crippen molar-refractivity contribution in [3.8, 4) is 0 Å². The van der Waals surface area contributed by atoms with E-state index in [0.717, 1.165) is 30.7 Å². The SMILES string of the molecule is O=C(O)C1CCCc2ncn(C3CC3)c21. The van der Waals surface area contributed by atoms with Crippen molar-refractivity contribution in [1.82, 2.24) is 9.55 Å². The van der Waals surface area contributed by atoms with Crippen LogP contribution in [0.4, 0.5) is 0 Å². The molecule has 1 aromatic heterocycles. The molecule has 1 fully saturated rings. The highest BCUT2D eigenvalue weighted by Gasteiger charge is 2.35. The van der Waals surface area contributed by atoms with Gasteiger partial charge in [-0.15, -0.1) is 0 Å². The van der Waals surface area contributed by atoms with E-state index in [1.54, 1.807) is 0 Å². The van der Waals surface area contributed by atoms with Gasteiger partial charge in [-0.05, 0) is 32.1 Å². The van der Waals surface area contributed by atoms with E-state index in [2.05, 4.69) is 9.55 Å². The van der Waals surface area contributed by atoms with Gasteiger partial charge in [0.05, 0.1) is 23.6 Å². The van der Waals surface area contributed by atoms with Crippen molar-refractivity contribution >= 4 is 5.97 Å². The standard InChI is InChI=1S/C11H14N2O2/c14-11(15)8-2-1-3-9-10(8)13(6-12-9)7-4-5-7/h6-8H,1-5H2,(H,14,15). The molecule has 0 bridgehead atoms. The Hall–Kier alpha value is -1.32. The number of aryl methyl sites for hydroxylation is 1. The summed E-state index contributed by atoms with van der Waals surface area (Å²) in [5, 5.41) is 9.19. The number of nitrogens with zero attached hydrogens (tertiary/aromatic N) is 2. The predicted octanol–water partition coefficient (Wildman–Crippen LogP) is 1.72. The first-order valence-electron chi connectivity index (χ1n) is 5.56. The highest BCUT2D eigenvalue weighted by Crippen LogP contribution is 2.41. The molecule has 1 atom stereocenters. The molecule has 0 radical (unpaired) electrons. The normalized spacial score (nSPS) is 24.9. The quantitative estimate of drug-likeness (QED) is 0.801. The zero-order valence-corrected chi connectivity index (χ0v) is 8.52. The van der Waals surface area contributed by atoms with Gasteiger partial charge in [-0.25, -0.2) is 4.98 Å². The van der Waals surface area contributed by atoms with Crippen molar-refractivity contribution in [3.63, 3.8) is 0 Å². The molecule has 0 saturated heterocycles. The van der Waals surface area contributed by atoms with Crippen molar-refractivity contribution in [2.45, 2.75) is 44.1 Å². The minimum Gasteiger partial charge on any atom is -0.481 e. The van der Waals surface area contributed by atoms with Crippen LogP contribution in [0, 0.1) is 0 Å². The summed E-state index contributed by atoms with van der Waals surface area (Å²) in [7, 11) is 0. The van der Waals surface area contributed by atoms with Crippen LogP contribution >= 0.6 is 0 Å². The van der Waals surface area contributed by atoms with Gasteiger partial charge in [0, 0.05) is 6.04 Å². The average molecular weight is 206 g/mol. The Morgan fingerprint density at radius 1 is 1.47 bits per heavy atom. The fourth-order valence-electron chi connectivity index (χ4n) is 2.48. The minimum atomic E-state index is -0.696. The lowest BCUT2D eigenvalue weighted by Gasteiger charge is -2.20. The largest absolute Gasteiger partial charge is 0.481 e. The van der Waals surface area contributed by atoms with Gasteiger partial charge in [0.15, 0.2) is 0 Å². The van der Waals surface area contributed by atoms with Gasteiger partial charge >= 0.3 is 5.97 Å². The zero-order valence-electron chi connectivity index (χ0n) is 8.52. The number of hydrogen-bond donors (Lipinski definition) is 1. The first kappa shape index (κ1) is 8.95. The molecule has 2 aliphatic carbocycles. The molecule has 1 saturated carbocycles. The molecule has 4 heteroatoms. The molecular weight excluding hydrogens is 192 g/mol. The molecule has 0 aromatic carbocycles. The van der Waals surface area contributed by atoms with Crippen LogP contribution in [0.5, 0.6) is 0 Å². The van der Waals surface area contributed by atoms with E-state index in [1.165, 1.54) is 12.8 Å². The summed E-state index contributed by atoms with van der Waals surface area (Å²) in [4.78, 5) is 15.5. The number of imidazole rings is 1. The van der Waals surface area contributed by atoms with Crippen molar-refractivity contribution < 1.29 is 9.90 Å². The van der Waals surface area contributed by atoms with Crippen LogP contribution < -0.4 is 0 Å². The molecule has 1 heterocycles. The maximum atomic E-state index is 11.2. The monoisotopic (exact) mass is 206 g/mol. The van der Waals surface area contributed by atoms with Gasteiger partial charge < -0.3 is 9.67 Å². The first-order chi connectivity index (χ1) is 7.27. The Kier molecular flexibility index (Phi) is 1.84. The maximum absolute atomic E-state index is 11.2. The summed E-state index contributed by atoms with van der Waals surface area (Å²) in [6, 6.07) is 0.529. The molecule has 0 aliphatic heterocycles. The van der Waals surface area contributed by atoms with E-state index >= 15 is 0 Å². The van der Waals surface area contributed by atoms with E-state index < -0.39 is 5.97 Å². The lowest BCUT2D eigenvalue weighted by atomic mass is 9.89. The molecule has 3 rings (SSSR count). The number of carbonyl (C=O) groups is 1. The highest BCUT2D eigenvalue weighted by molar-refractivity contribution is 5.76. The van der Waals surface area contributed by atoms with Crippen molar-refractivity contribution in [1.29, 1.82) is 0 Å². The Morgan fingerprint density at radius 3 is 2.93 bits per heavy atom. The summed E-state index contributed by atoms with van der Waals surface area (Å²) < 4.78 is 2.10. The van der Waals surface area contributed by atoms with Crippen LogP contribution in [0.1, 0.15) is 49.0 Å². The van der Waals surface area contributed by atoms with Gasteiger partial charge in [-0.1, -0.05) is 0 Å². The molecule has 1 aromatic rings. The number of aliphatic carboxylic acids is 1. The molecule has 2 aliphatic rings. The van der Waals surface area contributed by atoms with Gasteiger partial charge in [0.1, 0.15) is 0 Å². The Labute approximate surface area is 87.9 Å². The highest BCUT2D eigenvalue weighted by atomic mass is 16.4. The number of aromatic nitrogens is 2. The van der Waals surface area contributed by atoms with Crippen LogP contribution in [0.15, 0.2) is 6.33 Å². The average Bonchev–Trinajstić information content (AvgIpc) is 2.97. The summed E-state index contributed by atoms with van der Waals surface area (Å²) >= 11 is 0. The van der Waals surface area contributed by atoms with Crippen LogP contribution in [-0.4, -0.2) is 20.6 Å². The molecule has 4 nitrogen and oxygen atoms in total. The van der Waals surface area contributed by atoms with Crippen molar-refractivity contribution in [2.75, 3.05) is 0 Å². The van der Waals surface area contributed by atoms with Crippen LogP contribution in [0.25, 0.3) is 0 Å². The number of carboxylic acids is 1. The second-order valence-corrected chi connectivity index (χ2v) is 4.50. The number of fused-ring (bicyclic) bond motifs is 1. The van der Waals surface area contributed by atoms with Crippen molar-refractivity contribution in [3.05, 3.63) is 17.7 Å². The van der Waals surface area contributed by atoms with E-state index in [4.69, 9.17) is 0 Å². The van der Waals surface area contributed by atoms with Gasteiger partial charge in [-0.2, -0.15) is 0 Å². The fraction of sp³-hybridized carbons (Fsp3) is 0.636. The van der Waals surface area contributed by atoms with Gasteiger partial charge in [-0.3, -0.25) is 4.79 Å². The van der Waals surface area contributed by atoms with Crippen LogP contribution in [-0.2, 0) is 11.2 Å². The summed E-state index contributed by atoms with van der Waals surface area (Å²) in [5.41, 5.74) is 2.00. The van der Waals surface area contributed by atoms with E-state index in [-0.39, 0.29) is 5.92 Å². The second kappa shape index (κ2) is 3.08. The first-order valence-corrected chi connectivity index (χ1v) is 5.56. The summed E-state index contributed by atoms with van der Waals surface area (Å²) in [5.74, 6) is -1.02. The lowest BCUT2D eigenvalue weighted by Crippen LogP contribution is -2.20. The maximum Gasteiger partial charge on any atom is 0.312 e. The van der Waals surface area contributed by atoms with Crippen molar-refractivity contribution in [2.24, 2.45) is 0 Å². The Bertz CT molecular complexity index is 407. The second-order valence-electron chi connectivity index (χ2n) is 4.50. The lowest BCUT2D eigenvalue weighted by molar-refractivity contribution is -0.139. The topological polar surface area (TPSA) is 55.1 Å². The summed E-state index contributed by atoms with van der Waals surface area (Å²) in [6.45, 7) is 0. The molecule has 0 spiro atoms. The Balaban J connectivity index is 2.06. The molecular formula is C11H14N2O2. The number of carboxylic acid groups (broad SMARTS) is 1. The number of rotatable bonds is 2. The molecule has 1 N–H and O–H groups in total. The zero-order chi connectivity index (χ0) is 10.4. The number of hydrogen-bond acceptors (Lipinski definition) is 2. The minimum absolute atomic E-state index is 0.322. The van der Waals surface area contributed by atoms with Crippen LogP contribution in [0.2, 0.25) is 0 Å². The molecule has 1 unspecified atom stereocenters. The molecule has 0 amide bonds. The predicted molar refractivity (Wildman–Crippen MR) is 53.8 cm³/mol. The third-order valence-corrected chi connectivity index (χ3v) is 3.39. The van der Waals surface area contributed by atoms with E-state index in [9.17, 15) is 9.90 Å². The van der Waals surface area contributed by atoms with E-state index in [0.29, 0.717) is 6.04 Å². The Morgan fingerprint density at radius 2 is 2.27 bits per heavy atom. The van der Waals surface area contributed by atoms with Gasteiger partial charge in [0.2, 0.25) is 0 Å². The summed E-state index contributed by atoms with van der Waals surface area (Å²) in [6.07, 6.45) is 6.85. The third-order valence-electron chi connectivity index (χ3n) is 3.39. The fourth-order valence-corrected chi connectivity index (χ4v) is 2.48. The van der Waals surface area contributed by atoms with Crippen LogP contribution in [0.3, 0.4) is 0 Å². The molecule has 15 heavy (non-hydrogen) atoms. The van der Waals surface area contributed by atoms with E-state index in [1.807, 2.05) is 6.33 Å². The molecule has 80 valence electrons. The third kappa shape index (κ3) is 1.35. The van der Waals surface area contributed by atoms with Gasteiger partial charge in [0.25, 0.3) is 0 Å². The smallest absolute Gasteiger partial charge is 0.312 e.